The molecule has 0 amide bonds. The number of sulfone groups is 2. The van der Waals surface area contributed by atoms with Crippen molar-refractivity contribution < 1.29 is 16.8 Å². The predicted molar refractivity (Wildman–Crippen MR) is 83.2 cm³/mol. The first kappa shape index (κ1) is 15.5. The quantitative estimate of drug-likeness (QED) is 0.819. The molecule has 2 fully saturated rings. The van der Waals surface area contributed by atoms with Crippen LogP contribution in [0, 0.1) is 0 Å². The van der Waals surface area contributed by atoms with Crippen molar-refractivity contribution in [3.05, 3.63) is 17.5 Å². The van der Waals surface area contributed by atoms with E-state index in [0.717, 1.165) is 43.7 Å². The summed E-state index contributed by atoms with van der Waals surface area (Å²) in [6.07, 6.45) is 3.17. The molecule has 21 heavy (non-hydrogen) atoms. The van der Waals surface area contributed by atoms with E-state index in [0.29, 0.717) is 0 Å². The Morgan fingerprint density at radius 3 is 2.48 bits per heavy atom. The van der Waals surface area contributed by atoms with Gasteiger partial charge in [0.15, 0.2) is 19.7 Å². The van der Waals surface area contributed by atoms with Crippen LogP contribution in [-0.4, -0.2) is 57.6 Å². The molecular weight excluding hydrogens is 330 g/mol. The van der Waals surface area contributed by atoms with Crippen LogP contribution in [0.1, 0.15) is 19.3 Å². The minimum absolute atomic E-state index is 0.0255. The molecule has 118 valence electrons. The van der Waals surface area contributed by atoms with Gasteiger partial charge >= 0.3 is 0 Å². The van der Waals surface area contributed by atoms with Gasteiger partial charge in [0.2, 0.25) is 0 Å². The van der Waals surface area contributed by atoms with E-state index in [1.807, 2.05) is 0 Å². The lowest BCUT2D eigenvalue weighted by Gasteiger charge is -2.34. The zero-order valence-corrected chi connectivity index (χ0v) is 14.1. The van der Waals surface area contributed by atoms with Crippen LogP contribution in [0.5, 0.6) is 0 Å². The first-order valence-corrected chi connectivity index (χ1v) is 11.4. The summed E-state index contributed by atoms with van der Waals surface area (Å²) in [5, 5.41) is 0.894. The Bertz CT molecular complexity index is 688. The minimum atomic E-state index is -3.57. The largest absolute Gasteiger partial charge is 0.298 e. The lowest BCUT2D eigenvalue weighted by Crippen LogP contribution is -2.48. The fraction of sp³-hybridized carbons (Fsp3) is 0.692. The summed E-state index contributed by atoms with van der Waals surface area (Å²) in [6.45, 7) is 1.60. The maximum atomic E-state index is 12.8. The highest BCUT2D eigenvalue weighted by atomic mass is 32.2. The first-order valence-electron chi connectivity index (χ1n) is 7.12. The summed E-state index contributed by atoms with van der Waals surface area (Å²) in [5.74, 6) is -0.267. The SMILES string of the molecule is O=S1(=O)C[C@H](N2CCCCC2)[C@@H](S(=O)(=O)c2cccs2)C1. The minimum Gasteiger partial charge on any atom is -0.298 e. The number of hydrogen-bond acceptors (Lipinski definition) is 6. The van der Waals surface area contributed by atoms with Crippen LogP contribution in [0.15, 0.2) is 21.7 Å². The fourth-order valence-corrected chi connectivity index (χ4v) is 9.31. The van der Waals surface area contributed by atoms with E-state index in [1.165, 1.54) is 0 Å². The summed E-state index contributed by atoms with van der Waals surface area (Å²) in [5.41, 5.74) is 0. The van der Waals surface area contributed by atoms with Crippen molar-refractivity contribution in [2.45, 2.75) is 34.8 Å². The molecule has 2 atom stereocenters. The highest BCUT2D eigenvalue weighted by Crippen LogP contribution is 2.32. The van der Waals surface area contributed by atoms with E-state index in [9.17, 15) is 16.8 Å². The zero-order chi connectivity index (χ0) is 15.1. The topological polar surface area (TPSA) is 71.5 Å². The molecule has 3 heterocycles. The van der Waals surface area contributed by atoms with E-state index in [2.05, 4.69) is 4.90 Å². The number of thiophene rings is 1. The van der Waals surface area contributed by atoms with Gasteiger partial charge in [-0.15, -0.1) is 11.3 Å². The molecule has 0 unspecified atom stereocenters. The van der Waals surface area contributed by atoms with E-state index < -0.39 is 24.9 Å². The Morgan fingerprint density at radius 2 is 1.86 bits per heavy atom. The third kappa shape index (κ3) is 3.04. The maximum absolute atomic E-state index is 12.8. The average Bonchev–Trinajstić information content (AvgIpc) is 3.07. The van der Waals surface area contributed by atoms with Crippen molar-refractivity contribution in [2.24, 2.45) is 0 Å². The first-order chi connectivity index (χ1) is 9.90. The van der Waals surface area contributed by atoms with Gasteiger partial charge in [-0.1, -0.05) is 12.5 Å². The summed E-state index contributed by atoms with van der Waals surface area (Å²) >= 11 is 1.16. The number of rotatable bonds is 3. The van der Waals surface area contributed by atoms with Gasteiger partial charge in [-0.3, -0.25) is 4.90 Å². The average molecular weight is 349 g/mol. The highest BCUT2D eigenvalue weighted by Gasteiger charge is 2.48. The van der Waals surface area contributed by atoms with E-state index in [-0.39, 0.29) is 21.8 Å². The molecule has 0 saturated carbocycles. The van der Waals surface area contributed by atoms with Crippen molar-refractivity contribution in [3.63, 3.8) is 0 Å². The molecule has 5 nitrogen and oxygen atoms in total. The Labute approximate surface area is 129 Å². The van der Waals surface area contributed by atoms with Gasteiger partial charge in [0.25, 0.3) is 0 Å². The third-order valence-corrected chi connectivity index (χ3v) is 9.86. The van der Waals surface area contributed by atoms with Crippen LogP contribution in [-0.2, 0) is 19.7 Å². The smallest absolute Gasteiger partial charge is 0.193 e. The highest BCUT2D eigenvalue weighted by molar-refractivity contribution is 7.97. The monoisotopic (exact) mass is 349 g/mol. The fourth-order valence-electron chi connectivity index (χ4n) is 3.26. The molecular formula is C13H19NO4S3. The molecule has 3 rings (SSSR count). The van der Waals surface area contributed by atoms with Gasteiger partial charge in [-0.2, -0.15) is 0 Å². The third-order valence-electron chi connectivity index (χ3n) is 4.31. The molecule has 1 aromatic heterocycles. The molecule has 1 aromatic rings. The summed E-state index contributed by atoms with van der Waals surface area (Å²) < 4.78 is 49.8. The van der Waals surface area contributed by atoms with Gasteiger partial charge in [-0.25, -0.2) is 16.8 Å². The van der Waals surface area contributed by atoms with Crippen LogP contribution >= 0.6 is 11.3 Å². The van der Waals surface area contributed by atoms with Crippen molar-refractivity contribution in [1.29, 1.82) is 0 Å². The van der Waals surface area contributed by atoms with Crippen molar-refractivity contribution in [3.8, 4) is 0 Å². The van der Waals surface area contributed by atoms with Gasteiger partial charge < -0.3 is 0 Å². The lowest BCUT2D eigenvalue weighted by atomic mass is 10.1. The second-order valence-electron chi connectivity index (χ2n) is 5.76. The molecule has 0 bridgehead atoms. The van der Waals surface area contributed by atoms with Crippen molar-refractivity contribution >= 4 is 31.0 Å². The van der Waals surface area contributed by atoms with Crippen LogP contribution < -0.4 is 0 Å². The van der Waals surface area contributed by atoms with E-state index in [4.69, 9.17) is 0 Å². The molecule has 0 radical (unpaired) electrons. The molecule has 0 N–H and O–H groups in total. The summed E-state index contributed by atoms with van der Waals surface area (Å²) in [6, 6.07) is 2.87. The van der Waals surface area contributed by atoms with E-state index in [1.54, 1.807) is 17.5 Å². The molecule has 0 aliphatic carbocycles. The van der Waals surface area contributed by atoms with Gasteiger partial charge in [0, 0.05) is 6.04 Å². The number of piperidine rings is 1. The maximum Gasteiger partial charge on any atom is 0.193 e. The molecule has 0 aromatic carbocycles. The standard InChI is InChI=1S/C13H19NO4S3/c15-20(16)9-11(14-6-2-1-3-7-14)12(10-20)21(17,18)13-5-4-8-19-13/h4-5,8,11-12H,1-3,6-7,9-10H2/t11-,12-/m0/s1. The van der Waals surface area contributed by atoms with E-state index >= 15 is 0 Å². The van der Waals surface area contributed by atoms with Gasteiger partial charge in [0.05, 0.1) is 16.8 Å². The molecule has 8 heteroatoms. The van der Waals surface area contributed by atoms with Crippen LogP contribution in [0.2, 0.25) is 0 Å². The molecule has 2 saturated heterocycles. The predicted octanol–water partition coefficient (Wildman–Crippen LogP) is 1.17. The summed E-state index contributed by atoms with van der Waals surface area (Å²) in [7, 11) is -6.85. The van der Waals surface area contributed by atoms with Crippen molar-refractivity contribution in [1.82, 2.24) is 4.90 Å². The summed E-state index contributed by atoms with van der Waals surface area (Å²) in [4.78, 5) is 2.07. The van der Waals surface area contributed by atoms with Crippen LogP contribution in [0.4, 0.5) is 0 Å². The lowest BCUT2D eigenvalue weighted by molar-refractivity contribution is 0.178. The number of nitrogens with zero attached hydrogens (tertiary/aromatic N) is 1. The molecule has 2 aliphatic rings. The Hall–Kier alpha value is -0.440. The molecule has 0 spiro atoms. The van der Waals surface area contributed by atoms with Crippen LogP contribution in [0.25, 0.3) is 0 Å². The normalized spacial score (nSPS) is 30.5. The van der Waals surface area contributed by atoms with Gasteiger partial charge in [-0.05, 0) is 37.4 Å². The molecule has 2 aliphatic heterocycles. The number of hydrogen-bond donors (Lipinski definition) is 0. The Morgan fingerprint density at radius 1 is 1.14 bits per heavy atom. The van der Waals surface area contributed by atoms with Crippen LogP contribution in [0.3, 0.4) is 0 Å². The Kier molecular flexibility index (Phi) is 4.15. The van der Waals surface area contributed by atoms with Gasteiger partial charge in [0.1, 0.15) is 4.21 Å². The van der Waals surface area contributed by atoms with Crippen molar-refractivity contribution in [2.75, 3.05) is 24.6 Å². The number of likely N-dealkylation sites (tertiary alicyclic amines) is 1. The Balaban J connectivity index is 1.94. The zero-order valence-electron chi connectivity index (χ0n) is 11.6. The second kappa shape index (κ2) is 5.64. The second-order valence-corrected chi connectivity index (χ2v) is 11.3.